The van der Waals surface area contributed by atoms with Gasteiger partial charge in [-0.25, -0.2) is 18.7 Å². The average molecular weight is 275 g/mol. The summed E-state index contributed by atoms with van der Waals surface area (Å²) in [7, 11) is 1.64. The Kier molecular flexibility index (Phi) is 8.11. The maximum Gasteiger partial charge on any atom is 0.261 e. The van der Waals surface area contributed by atoms with E-state index in [1.165, 1.54) is 0 Å². The normalized spacial score (nSPS) is 11.2. The third-order valence-electron chi connectivity index (χ3n) is 2.27. The molecule has 0 fully saturated rings. The molecule has 7 heteroatoms. The molecule has 5 nitrogen and oxygen atoms in total. The molecule has 0 aliphatic heterocycles. The van der Waals surface area contributed by atoms with E-state index in [-0.39, 0.29) is 6.61 Å². The van der Waals surface area contributed by atoms with Gasteiger partial charge >= 0.3 is 0 Å². The molecule has 1 rings (SSSR count). The van der Waals surface area contributed by atoms with Gasteiger partial charge in [0.2, 0.25) is 0 Å². The van der Waals surface area contributed by atoms with Crippen molar-refractivity contribution in [2.24, 2.45) is 0 Å². The monoisotopic (exact) mass is 275 g/mol. The van der Waals surface area contributed by atoms with Crippen LogP contribution < -0.4 is 5.32 Å². The molecule has 1 aromatic heterocycles. The van der Waals surface area contributed by atoms with Crippen molar-refractivity contribution in [1.29, 1.82) is 0 Å². The van der Waals surface area contributed by atoms with Crippen LogP contribution in [0.3, 0.4) is 0 Å². The van der Waals surface area contributed by atoms with Crippen molar-refractivity contribution in [3.63, 3.8) is 0 Å². The van der Waals surface area contributed by atoms with Crippen molar-refractivity contribution in [3.05, 3.63) is 23.8 Å². The van der Waals surface area contributed by atoms with Crippen molar-refractivity contribution >= 4 is 0 Å². The zero-order valence-corrected chi connectivity index (χ0v) is 10.9. The first-order valence-electron chi connectivity index (χ1n) is 6.08. The number of halogens is 2. The van der Waals surface area contributed by atoms with E-state index in [0.29, 0.717) is 25.4 Å². The summed E-state index contributed by atoms with van der Waals surface area (Å²) in [6, 6.07) is 1.81. The summed E-state index contributed by atoms with van der Waals surface area (Å²) < 4.78 is 33.4. The van der Waals surface area contributed by atoms with E-state index in [0.717, 1.165) is 12.2 Å². The Hall–Kier alpha value is -1.18. The Morgan fingerprint density at radius 3 is 2.95 bits per heavy atom. The van der Waals surface area contributed by atoms with Crippen molar-refractivity contribution in [1.82, 2.24) is 15.3 Å². The van der Waals surface area contributed by atoms with E-state index in [2.05, 4.69) is 15.3 Å². The molecule has 0 saturated heterocycles. The number of nitrogens with one attached hydrogen (secondary N) is 1. The molecule has 0 aromatic carbocycles. The Labute approximate surface area is 111 Å². The Morgan fingerprint density at radius 1 is 1.37 bits per heavy atom. The standard InChI is InChI=1S/C12H19F2N3O2/c1-18-7-5-15-8-10-2-4-16-12(17-10)3-6-19-9-11(13)14/h2,4,11,15H,3,5-9H2,1H3. The molecule has 19 heavy (non-hydrogen) atoms. The predicted molar refractivity (Wildman–Crippen MR) is 66.1 cm³/mol. The minimum atomic E-state index is -2.43. The van der Waals surface area contributed by atoms with Gasteiger partial charge in [0.05, 0.1) is 18.9 Å². The van der Waals surface area contributed by atoms with E-state index in [1.807, 2.05) is 6.07 Å². The zero-order chi connectivity index (χ0) is 13.9. The van der Waals surface area contributed by atoms with Gasteiger partial charge in [-0.2, -0.15) is 0 Å². The number of hydrogen-bond donors (Lipinski definition) is 1. The average Bonchev–Trinajstić information content (AvgIpc) is 2.40. The van der Waals surface area contributed by atoms with Crippen LogP contribution in [-0.4, -0.2) is 49.9 Å². The van der Waals surface area contributed by atoms with E-state index in [1.54, 1.807) is 13.3 Å². The lowest BCUT2D eigenvalue weighted by Crippen LogP contribution is -2.19. The quantitative estimate of drug-likeness (QED) is 0.647. The number of methoxy groups -OCH3 is 1. The minimum absolute atomic E-state index is 0.199. The number of ether oxygens (including phenoxy) is 2. The Bertz CT molecular complexity index is 354. The lowest BCUT2D eigenvalue weighted by atomic mass is 10.3. The van der Waals surface area contributed by atoms with Gasteiger partial charge in [0.25, 0.3) is 6.43 Å². The van der Waals surface area contributed by atoms with Crippen LogP contribution in [0.1, 0.15) is 11.5 Å². The van der Waals surface area contributed by atoms with Crippen LogP contribution in [0, 0.1) is 0 Å². The van der Waals surface area contributed by atoms with Gasteiger partial charge in [0, 0.05) is 32.8 Å². The highest BCUT2D eigenvalue weighted by molar-refractivity contribution is 5.02. The summed E-state index contributed by atoms with van der Waals surface area (Å²) in [6.45, 7) is 1.66. The molecule has 1 heterocycles. The van der Waals surface area contributed by atoms with Crippen LogP contribution in [0.25, 0.3) is 0 Å². The molecule has 1 N–H and O–H groups in total. The third kappa shape index (κ3) is 7.76. The highest BCUT2D eigenvalue weighted by Crippen LogP contribution is 1.98. The maximum absolute atomic E-state index is 11.9. The van der Waals surface area contributed by atoms with Gasteiger partial charge in [0.15, 0.2) is 0 Å². The minimum Gasteiger partial charge on any atom is -0.383 e. The van der Waals surface area contributed by atoms with Crippen LogP contribution in [0.5, 0.6) is 0 Å². The first-order chi connectivity index (χ1) is 9.22. The van der Waals surface area contributed by atoms with Gasteiger partial charge in [0.1, 0.15) is 12.4 Å². The van der Waals surface area contributed by atoms with Crippen molar-refractivity contribution in [2.75, 3.05) is 33.5 Å². The summed E-state index contributed by atoms with van der Waals surface area (Å²) in [6.07, 6.45) is -0.348. The topological polar surface area (TPSA) is 56.3 Å². The lowest BCUT2D eigenvalue weighted by molar-refractivity contribution is 0.0182. The number of alkyl halides is 2. The fourth-order valence-electron chi connectivity index (χ4n) is 1.39. The second kappa shape index (κ2) is 9.71. The van der Waals surface area contributed by atoms with E-state index >= 15 is 0 Å². The van der Waals surface area contributed by atoms with Crippen LogP contribution >= 0.6 is 0 Å². The first-order valence-corrected chi connectivity index (χ1v) is 6.08. The highest BCUT2D eigenvalue weighted by atomic mass is 19.3. The molecule has 0 aliphatic carbocycles. The van der Waals surface area contributed by atoms with E-state index in [4.69, 9.17) is 9.47 Å². The highest BCUT2D eigenvalue weighted by Gasteiger charge is 2.03. The Balaban J connectivity index is 2.27. The molecule has 108 valence electrons. The van der Waals surface area contributed by atoms with Gasteiger partial charge in [-0.3, -0.25) is 0 Å². The summed E-state index contributed by atoms with van der Waals surface area (Å²) in [5, 5.41) is 3.17. The molecule has 0 atom stereocenters. The summed E-state index contributed by atoms with van der Waals surface area (Å²) >= 11 is 0. The summed E-state index contributed by atoms with van der Waals surface area (Å²) in [5.74, 6) is 0.598. The van der Waals surface area contributed by atoms with Crippen LogP contribution in [0.2, 0.25) is 0 Å². The zero-order valence-electron chi connectivity index (χ0n) is 10.9. The van der Waals surface area contributed by atoms with Gasteiger partial charge < -0.3 is 14.8 Å². The fourth-order valence-corrected chi connectivity index (χ4v) is 1.39. The van der Waals surface area contributed by atoms with Gasteiger partial charge in [-0.1, -0.05) is 0 Å². The molecule has 0 bridgehead atoms. The molecule has 0 spiro atoms. The molecule has 0 unspecified atom stereocenters. The molecule has 0 aliphatic rings. The van der Waals surface area contributed by atoms with Crippen LogP contribution in [0.4, 0.5) is 8.78 Å². The van der Waals surface area contributed by atoms with Crippen molar-refractivity contribution < 1.29 is 18.3 Å². The van der Waals surface area contributed by atoms with Crippen molar-refractivity contribution in [3.8, 4) is 0 Å². The third-order valence-corrected chi connectivity index (χ3v) is 2.27. The number of rotatable bonds is 10. The van der Waals surface area contributed by atoms with E-state index < -0.39 is 13.0 Å². The predicted octanol–water partition coefficient (Wildman–Crippen LogP) is 1.04. The second-order valence-electron chi connectivity index (χ2n) is 3.85. The van der Waals surface area contributed by atoms with Crippen LogP contribution in [-0.2, 0) is 22.4 Å². The summed E-state index contributed by atoms with van der Waals surface area (Å²) in [4.78, 5) is 8.37. The Morgan fingerprint density at radius 2 is 2.21 bits per heavy atom. The second-order valence-corrected chi connectivity index (χ2v) is 3.85. The van der Waals surface area contributed by atoms with E-state index in [9.17, 15) is 8.78 Å². The SMILES string of the molecule is COCCNCc1ccnc(CCOCC(F)F)n1. The maximum atomic E-state index is 11.9. The summed E-state index contributed by atoms with van der Waals surface area (Å²) in [5.41, 5.74) is 0.856. The largest absolute Gasteiger partial charge is 0.383 e. The van der Waals surface area contributed by atoms with Crippen molar-refractivity contribution in [2.45, 2.75) is 19.4 Å². The molecule has 1 aromatic rings. The lowest BCUT2D eigenvalue weighted by Gasteiger charge is -2.06. The number of aromatic nitrogens is 2. The number of nitrogens with zero attached hydrogens (tertiary/aromatic N) is 2. The van der Waals surface area contributed by atoms with Gasteiger partial charge in [-0.15, -0.1) is 0 Å². The first kappa shape index (κ1) is 15.9. The molecular weight excluding hydrogens is 256 g/mol. The molecule has 0 radical (unpaired) electrons. The molecule has 0 amide bonds. The number of hydrogen-bond acceptors (Lipinski definition) is 5. The molecular formula is C12H19F2N3O2. The fraction of sp³-hybridized carbons (Fsp3) is 0.667. The van der Waals surface area contributed by atoms with Crippen LogP contribution in [0.15, 0.2) is 12.3 Å². The van der Waals surface area contributed by atoms with Gasteiger partial charge in [-0.05, 0) is 6.07 Å². The smallest absolute Gasteiger partial charge is 0.261 e. The molecule has 0 saturated carbocycles.